The highest BCUT2D eigenvalue weighted by atomic mass is 79.9. The molecule has 0 atom stereocenters. The summed E-state index contributed by atoms with van der Waals surface area (Å²) in [6.45, 7) is 0. The van der Waals surface area contributed by atoms with Gasteiger partial charge in [-0.2, -0.15) is 5.26 Å². The molecule has 0 aliphatic heterocycles. The fourth-order valence-electron chi connectivity index (χ4n) is 2.09. The summed E-state index contributed by atoms with van der Waals surface area (Å²) < 4.78 is 11.3. The van der Waals surface area contributed by atoms with Gasteiger partial charge in [-0.05, 0) is 45.8 Å². The average molecular weight is 389 g/mol. The van der Waals surface area contributed by atoms with Crippen molar-refractivity contribution in [2.45, 2.75) is 0 Å². The van der Waals surface area contributed by atoms with Crippen molar-refractivity contribution >= 4 is 33.3 Å². The van der Waals surface area contributed by atoms with Crippen LogP contribution in [0.3, 0.4) is 0 Å². The van der Waals surface area contributed by atoms with Gasteiger partial charge in [0.15, 0.2) is 0 Å². The van der Waals surface area contributed by atoms with Crippen molar-refractivity contribution in [2.24, 2.45) is 0 Å². The van der Waals surface area contributed by atoms with Crippen LogP contribution in [0.15, 0.2) is 40.9 Å². The van der Waals surface area contributed by atoms with Crippen LogP contribution < -0.4 is 9.47 Å². The molecule has 0 bridgehead atoms. The molecule has 2 aromatic carbocycles. The highest BCUT2D eigenvalue weighted by Crippen LogP contribution is 2.35. The van der Waals surface area contributed by atoms with Crippen LogP contribution in [-0.2, 0) is 0 Å². The number of hydrogen-bond donors (Lipinski definition) is 0. The molecule has 0 aliphatic rings. The number of benzene rings is 2. The summed E-state index contributed by atoms with van der Waals surface area (Å²) in [6, 6.07) is 11.4. The van der Waals surface area contributed by atoms with E-state index in [-0.39, 0.29) is 5.69 Å². The largest absolute Gasteiger partial charge is 0.496 e. The number of hydrogen-bond acceptors (Lipinski definition) is 5. The zero-order valence-electron chi connectivity index (χ0n) is 12.9. The second-order valence-corrected chi connectivity index (χ2v) is 5.56. The Bertz CT molecular complexity index is 839. The van der Waals surface area contributed by atoms with E-state index in [4.69, 9.17) is 9.47 Å². The zero-order valence-corrected chi connectivity index (χ0v) is 14.5. The van der Waals surface area contributed by atoms with Crippen LogP contribution in [0.4, 0.5) is 5.69 Å². The lowest BCUT2D eigenvalue weighted by Gasteiger charge is -2.10. The third-order valence-electron chi connectivity index (χ3n) is 3.31. The van der Waals surface area contributed by atoms with Gasteiger partial charge in [-0.1, -0.05) is 0 Å². The van der Waals surface area contributed by atoms with Crippen LogP contribution in [0, 0.1) is 21.4 Å². The summed E-state index contributed by atoms with van der Waals surface area (Å²) in [7, 11) is 3.07. The van der Waals surface area contributed by atoms with E-state index < -0.39 is 4.92 Å². The highest BCUT2D eigenvalue weighted by Gasteiger charge is 2.11. The smallest absolute Gasteiger partial charge is 0.269 e. The number of allylic oxidation sites excluding steroid dienone is 1. The summed E-state index contributed by atoms with van der Waals surface area (Å²) in [4.78, 5) is 10.2. The summed E-state index contributed by atoms with van der Waals surface area (Å²) in [6.07, 6.45) is 1.66. The highest BCUT2D eigenvalue weighted by molar-refractivity contribution is 9.10. The van der Waals surface area contributed by atoms with Gasteiger partial charge in [-0.15, -0.1) is 0 Å². The average Bonchev–Trinajstić information content (AvgIpc) is 2.59. The summed E-state index contributed by atoms with van der Waals surface area (Å²) in [5.74, 6) is 1.16. The Morgan fingerprint density at radius 2 is 1.83 bits per heavy atom. The van der Waals surface area contributed by atoms with Gasteiger partial charge in [0.1, 0.15) is 11.5 Å². The van der Waals surface area contributed by atoms with Crippen LogP contribution in [0.2, 0.25) is 0 Å². The lowest BCUT2D eigenvalue weighted by atomic mass is 10.0. The second-order valence-electron chi connectivity index (χ2n) is 4.70. The molecule has 2 aromatic rings. The van der Waals surface area contributed by atoms with Gasteiger partial charge in [0.2, 0.25) is 0 Å². The quantitative estimate of drug-likeness (QED) is 0.327. The topological polar surface area (TPSA) is 85.4 Å². The molecule has 0 unspecified atom stereocenters. The standard InChI is InChI=1S/C17H13BrN2O4/c1-23-16-9-17(24-2)15(18)8-12(16)7-13(10-19)11-3-5-14(6-4-11)20(21)22/h3-9H,1-2H3/b13-7-. The molecule has 2 rings (SSSR count). The number of nitro groups is 1. The molecule has 0 N–H and O–H groups in total. The van der Waals surface area contributed by atoms with E-state index in [1.807, 2.05) is 0 Å². The normalized spacial score (nSPS) is 10.8. The minimum Gasteiger partial charge on any atom is -0.496 e. The Morgan fingerprint density at radius 3 is 2.33 bits per heavy atom. The van der Waals surface area contributed by atoms with E-state index in [0.29, 0.717) is 28.2 Å². The SMILES string of the molecule is COc1cc(OC)c(/C=C(/C#N)c2ccc([N+](=O)[O-])cc2)cc1Br. The molecule has 0 saturated carbocycles. The molecule has 0 amide bonds. The molecule has 0 aromatic heterocycles. The maximum Gasteiger partial charge on any atom is 0.269 e. The predicted octanol–water partition coefficient (Wildman–Crippen LogP) is 4.44. The van der Waals surface area contributed by atoms with Gasteiger partial charge in [0.25, 0.3) is 5.69 Å². The van der Waals surface area contributed by atoms with Crippen LogP contribution in [-0.4, -0.2) is 19.1 Å². The molecule has 24 heavy (non-hydrogen) atoms. The molecular weight excluding hydrogens is 376 g/mol. The van der Waals surface area contributed by atoms with Gasteiger partial charge in [-0.3, -0.25) is 10.1 Å². The molecule has 0 aliphatic carbocycles. The first-order valence-corrected chi connectivity index (χ1v) is 7.57. The fraction of sp³-hybridized carbons (Fsp3) is 0.118. The maximum absolute atomic E-state index is 10.7. The number of nitro benzene ring substituents is 1. The van der Waals surface area contributed by atoms with E-state index >= 15 is 0 Å². The first kappa shape index (κ1) is 17.5. The van der Waals surface area contributed by atoms with E-state index in [9.17, 15) is 15.4 Å². The summed E-state index contributed by atoms with van der Waals surface area (Å²) in [5.41, 5.74) is 1.60. The number of rotatable bonds is 5. The third kappa shape index (κ3) is 3.73. The number of non-ortho nitro benzene ring substituents is 1. The van der Waals surface area contributed by atoms with Crippen LogP contribution in [0.25, 0.3) is 11.6 Å². The molecule has 122 valence electrons. The van der Waals surface area contributed by atoms with Gasteiger partial charge in [0.05, 0.1) is 35.3 Å². The minimum atomic E-state index is -0.483. The van der Waals surface area contributed by atoms with E-state index in [1.54, 1.807) is 25.3 Å². The molecule has 0 spiro atoms. The Kier molecular flexibility index (Phi) is 5.55. The number of ether oxygens (including phenoxy) is 2. The fourth-order valence-corrected chi connectivity index (χ4v) is 2.62. The van der Waals surface area contributed by atoms with Crippen molar-refractivity contribution in [3.8, 4) is 17.6 Å². The lowest BCUT2D eigenvalue weighted by Crippen LogP contribution is -1.92. The summed E-state index contributed by atoms with van der Waals surface area (Å²) in [5, 5.41) is 20.1. The molecule has 7 heteroatoms. The first-order chi connectivity index (χ1) is 11.5. The lowest BCUT2D eigenvalue weighted by molar-refractivity contribution is -0.384. The third-order valence-corrected chi connectivity index (χ3v) is 3.93. The predicted molar refractivity (Wildman–Crippen MR) is 93.8 cm³/mol. The van der Waals surface area contributed by atoms with Crippen molar-refractivity contribution in [3.63, 3.8) is 0 Å². The molecule has 6 nitrogen and oxygen atoms in total. The van der Waals surface area contributed by atoms with Crippen LogP contribution in [0.1, 0.15) is 11.1 Å². The Labute approximate surface area is 147 Å². The van der Waals surface area contributed by atoms with Gasteiger partial charge in [0, 0.05) is 23.8 Å². The number of nitriles is 1. The molecule has 0 fully saturated rings. The van der Waals surface area contributed by atoms with E-state index in [0.717, 1.165) is 4.47 Å². The van der Waals surface area contributed by atoms with Crippen molar-refractivity contribution < 1.29 is 14.4 Å². The first-order valence-electron chi connectivity index (χ1n) is 6.78. The Hall–Kier alpha value is -2.85. The van der Waals surface area contributed by atoms with Crippen molar-refractivity contribution in [3.05, 3.63) is 62.1 Å². The second kappa shape index (κ2) is 7.62. The van der Waals surface area contributed by atoms with E-state index in [2.05, 4.69) is 22.0 Å². The number of methoxy groups -OCH3 is 2. The maximum atomic E-state index is 10.7. The van der Waals surface area contributed by atoms with E-state index in [1.165, 1.54) is 31.4 Å². The molecule has 0 heterocycles. The van der Waals surface area contributed by atoms with Gasteiger partial charge in [-0.25, -0.2) is 0 Å². The van der Waals surface area contributed by atoms with Crippen LogP contribution >= 0.6 is 15.9 Å². The Morgan fingerprint density at radius 1 is 1.21 bits per heavy atom. The van der Waals surface area contributed by atoms with Crippen molar-refractivity contribution in [1.82, 2.24) is 0 Å². The number of nitrogens with zero attached hydrogens (tertiary/aromatic N) is 2. The summed E-state index contributed by atoms with van der Waals surface area (Å²) >= 11 is 3.40. The Balaban J connectivity index is 2.49. The van der Waals surface area contributed by atoms with Crippen molar-refractivity contribution in [1.29, 1.82) is 5.26 Å². The zero-order chi connectivity index (χ0) is 17.7. The van der Waals surface area contributed by atoms with Crippen LogP contribution in [0.5, 0.6) is 11.5 Å². The minimum absolute atomic E-state index is 0.0270. The molecule has 0 radical (unpaired) electrons. The number of halogens is 1. The van der Waals surface area contributed by atoms with Gasteiger partial charge >= 0.3 is 0 Å². The molecule has 0 saturated heterocycles. The molecular formula is C17H13BrN2O4. The van der Waals surface area contributed by atoms with Gasteiger partial charge < -0.3 is 9.47 Å². The monoisotopic (exact) mass is 388 g/mol. The van der Waals surface area contributed by atoms with Crippen molar-refractivity contribution in [2.75, 3.05) is 14.2 Å².